The van der Waals surface area contributed by atoms with Crippen molar-refractivity contribution in [2.24, 2.45) is 7.05 Å². The molecule has 3 rings (SSSR count). The highest BCUT2D eigenvalue weighted by molar-refractivity contribution is 7.99. The van der Waals surface area contributed by atoms with Gasteiger partial charge >= 0.3 is 5.97 Å². The summed E-state index contributed by atoms with van der Waals surface area (Å²) >= 11 is 1.22. The van der Waals surface area contributed by atoms with Crippen LogP contribution in [0.3, 0.4) is 0 Å². The van der Waals surface area contributed by atoms with Gasteiger partial charge in [0.05, 0.1) is 24.5 Å². The second-order valence-electron chi connectivity index (χ2n) is 7.37. The number of hydrogen-bond donors (Lipinski definition) is 2. The van der Waals surface area contributed by atoms with Gasteiger partial charge in [0.25, 0.3) is 5.91 Å². The number of carbonyl (C=O) groups excluding carboxylic acids is 3. The van der Waals surface area contributed by atoms with Crippen LogP contribution in [0, 0.1) is 6.92 Å². The molecule has 1 atom stereocenters. The summed E-state index contributed by atoms with van der Waals surface area (Å²) in [7, 11) is 3.08. The molecule has 1 heterocycles. The van der Waals surface area contributed by atoms with Crippen LogP contribution in [-0.2, 0) is 16.6 Å². The highest BCUT2D eigenvalue weighted by atomic mass is 32.2. The van der Waals surface area contributed by atoms with Gasteiger partial charge in [0.2, 0.25) is 5.91 Å². The molecule has 0 spiro atoms. The van der Waals surface area contributed by atoms with Crippen LogP contribution in [0.4, 0.5) is 5.69 Å². The van der Waals surface area contributed by atoms with E-state index < -0.39 is 5.97 Å². The number of nitrogens with zero attached hydrogens (tertiary/aromatic N) is 3. The zero-order chi connectivity index (χ0) is 24.0. The van der Waals surface area contributed by atoms with E-state index in [1.165, 1.54) is 18.9 Å². The topological polar surface area (TPSA) is 115 Å². The van der Waals surface area contributed by atoms with E-state index in [0.717, 1.165) is 5.56 Å². The number of methoxy groups -OCH3 is 1. The van der Waals surface area contributed by atoms with Crippen LogP contribution in [0.15, 0.2) is 53.7 Å². The number of rotatable bonds is 8. The molecule has 0 saturated carbocycles. The van der Waals surface area contributed by atoms with E-state index in [-0.39, 0.29) is 23.6 Å². The maximum absolute atomic E-state index is 12.5. The van der Waals surface area contributed by atoms with Crippen LogP contribution in [0.2, 0.25) is 0 Å². The zero-order valence-electron chi connectivity index (χ0n) is 18.8. The minimum absolute atomic E-state index is 0.0957. The maximum Gasteiger partial charge on any atom is 0.337 e. The Morgan fingerprint density at radius 3 is 2.55 bits per heavy atom. The number of thioether (sulfide) groups is 1. The molecule has 0 unspecified atom stereocenters. The number of carbonyl (C=O) groups is 3. The molecule has 0 radical (unpaired) electrons. The number of amides is 2. The zero-order valence-corrected chi connectivity index (χ0v) is 19.6. The van der Waals surface area contributed by atoms with Gasteiger partial charge in [-0.05, 0) is 44.2 Å². The summed E-state index contributed by atoms with van der Waals surface area (Å²) < 4.78 is 6.44. The van der Waals surface area contributed by atoms with Crippen LogP contribution in [0.1, 0.15) is 45.1 Å². The average molecular weight is 468 g/mol. The molecule has 2 aromatic carbocycles. The molecule has 0 aliphatic carbocycles. The minimum atomic E-state index is -0.476. The first-order valence-electron chi connectivity index (χ1n) is 10.2. The van der Waals surface area contributed by atoms with Gasteiger partial charge in [0.1, 0.15) is 0 Å². The fourth-order valence-electron chi connectivity index (χ4n) is 3.13. The molecular weight excluding hydrogens is 442 g/mol. The van der Waals surface area contributed by atoms with Gasteiger partial charge in [0.15, 0.2) is 11.0 Å². The van der Waals surface area contributed by atoms with Crippen LogP contribution in [0.25, 0.3) is 0 Å². The van der Waals surface area contributed by atoms with Gasteiger partial charge in [-0.25, -0.2) is 4.79 Å². The lowest BCUT2D eigenvalue weighted by Crippen LogP contribution is -2.28. The molecule has 0 bridgehead atoms. The highest BCUT2D eigenvalue weighted by Crippen LogP contribution is 2.20. The lowest BCUT2D eigenvalue weighted by atomic mass is 10.1. The number of hydrogen-bond acceptors (Lipinski definition) is 7. The van der Waals surface area contributed by atoms with Crippen molar-refractivity contribution < 1.29 is 19.1 Å². The van der Waals surface area contributed by atoms with Crippen LogP contribution >= 0.6 is 11.8 Å². The second kappa shape index (κ2) is 10.8. The third-order valence-electron chi connectivity index (χ3n) is 4.78. The van der Waals surface area contributed by atoms with E-state index in [1.54, 1.807) is 41.9 Å². The highest BCUT2D eigenvalue weighted by Gasteiger charge is 2.19. The SMILES string of the molecule is COC(=O)c1cccc(NC(=O)CSc2nnc([C@@H](C)NC(=O)c3cccc(C)c3)n2C)c1. The number of aromatic nitrogens is 3. The average Bonchev–Trinajstić information content (AvgIpc) is 3.17. The molecule has 3 aromatic rings. The molecule has 0 aliphatic heterocycles. The van der Waals surface area contributed by atoms with Gasteiger partial charge < -0.3 is 19.9 Å². The van der Waals surface area contributed by atoms with Crippen molar-refractivity contribution in [1.29, 1.82) is 0 Å². The Balaban J connectivity index is 1.58. The summed E-state index contributed by atoms with van der Waals surface area (Å²) in [5.41, 5.74) is 2.42. The summed E-state index contributed by atoms with van der Waals surface area (Å²) in [6, 6.07) is 13.5. The fourth-order valence-corrected chi connectivity index (χ4v) is 3.85. The predicted molar refractivity (Wildman–Crippen MR) is 125 cm³/mol. The molecule has 10 heteroatoms. The first-order chi connectivity index (χ1) is 15.8. The summed E-state index contributed by atoms with van der Waals surface area (Å²) in [5, 5.41) is 14.5. The van der Waals surface area contributed by atoms with Crippen molar-refractivity contribution in [3.05, 3.63) is 71.0 Å². The van der Waals surface area contributed by atoms with Crippen molar-refractivity contribution in [2.45, 2.75) is 25.0 Å². The Kier molecular flexibility index (Phi) is 7.83. The Morgan fingerprint density at radius 2 is 1.82 bits per heavy atom. The molecule has 0 aliphatic rings. The number of nitrogens with one attached hydrogen (secondary N) is 2. The molecule has 0 saturated heterocycles. The third-order valence-corrected chi connectivity index (χ3v) is 5.80. The maximum atomic E-state index is 12.5. The van der Waals surface area contributed by atoms with E-state index in [0.29, 0.717) is 27.8 Å². The number of esters is 1. The lowest BCUT2D eigenvalue weighted by Gasteiger charge is -2.14. The van der Waals surface area contributed by atoms with E-state index >= 15 is 0 Å². The fraction of sp³-hybridized carbons (Fsp3) is 0.261. The van der Waals surface area contributed by atoms with E-state index in [4.69, 9.17) is 4.74 Å². The Bertz CT molecular complexity index is 1180. The number of benzene rings is 2. The quantitative estimate of drug-likeness (QED) is 0.386. The third kappa shape index (κ3) is 6.19. The molecule has 2 amide bonds. The molecule has 33 heavy (non-hydrogen) atoms. The molecule has 9 nitrogen and oxygen atoms in total. The minimum Gasteiger partial charge on any atom is -0.465 e. The van der Waals surface area contributed by atoms with Gasteiger partial charge in [-0.3, -0.25) is 9.59 Å². The molecule has 172 valence electrons. The summed E-state index contributed by atoms with van der Waals surface area (Å²) in [6.45, 7) is 3.76. The monoisotopic (exact) mass is 467 g/mol. The standard InChI is InChI=1S/C23H25N5O4S/c1-14-7-5-8-16(11-14)21(30)24-15(2)20-26-27-23(28(20)3)33-13-19(29)25-18-10-6-9-17(12-18)22(31)32-4/h5-12,15H,13H2,1-4H3,(H,24,30)(H,25,29)/t15-/m1/s1. The van der Waals surface area contributed by atoms with Crippen molar-refractivity contribution in [3.63, 3.8) is 0 Å². The Hall–Kier alpha value is -3.66. The number of aryl methyl sites for hydroxylation is 1. The second-order valence-corrected chi connectivity index (χ2v) is 8.32. The summed E-state index contributed by atoms with van der Waals surface area (Å²) in [5.74, 6) is -0.261. The van der Waals surface area contributed by atoms with Gasteiger partial charge in [-0.2, -0.15) is 0 Å². The largest absolute Gasteiger partial charge is 0.465 e. The summed E-state index contributed by atoms with van der Waals surface area (Å²) in [4.78, 5) is 36.5. The van der Waals surface area contributed by atoms with Crippen molar-refractivity contribution in [2.75, 3.05) is 18.2 Å². The van der Waals surface area contributed by atoms with Gasteiger partial charge in [-0.1, -0.05) is 35.5 Å². The molecular formula is C23H25N5O4S. The predicted octanol–water partition coefficient (Wildman–Crippen LogP) is 3.13. The first kappa shape index (κ1) is 24.0. The Labute approximate surface area is 195 Å². The van der Waals surface area contributed by atoms with Crippen molar-refractivity contribution in [3.8, 4) is 0 Å². The number of anilines is 1. The Morgan fingerprint density at radius 1 is 1.09 bits per heavy atom. The lowest BCUT2D eigenvalue weighted by molar-refractivity contribution is -0.113. The van der Waals surface area contributed by atoms with Gasteiger partial charge in [0, 0.05) is 18.3 Å². The molecule has 2 N–H and O–H groups in total. The van der Waals surface area contributed by atoms with E-state index in [2.05, 4.69) is 20.8 Å². The van der Waals surface area contributed by atoms with Crippen LogP contribution < -0.4 is 10.6 Å². The van der Waals surface area contributed by atoms with Crippen molar-refractivity contribution >= 4 is 35.2 Å². The summed E-state index contributed by atoms with van der Waals surface area (Å²) in [6.07, 6.45) is 0. The van der Waals surface area contributed by atoms with E-state index in [9.17, 15) is 14.4 Å². The van der Waals surface area contributed by atoms with Gasteiger partial charge in [-0.15, -0.1) is 10.2 Å². The molecule has 0 fully saturated rings. The van der Waals surface area contributed by atoms with Crippen molar-refractivity contribution in [1.82, 2.24) is 20.1 Å². The molecule has 1 aromatic heterocycles. The normalized spacial score (nSPS) is 11.5. The smallest absolute Gasteiger partial charge is 0.337 e. The first-order valence-corrected chi connectivity index (χ1v) is 11.1. The van der Waals surface area contributed by atoms with Crippen LogP contribution in [0.5, 0.6) is 0 Å². The van der Waals surface area contributed by atoms with Crippen LogP contribution in [-0.4, -0.2) is 45.4 Å². The van der Waals surface area contributed by atoms with E-state index in [1.807, 2.05) is 32.0 Å². The number of ether oxygens (including phenoxy) is 1.